The van der Waals surface area contributed by atoms with Gasteiger partial charge < -0.3 is 5.11 Å². The van der Waals surface area contributed by atoms with Crippen LogP contribution >= 0.6 is 0 Å². The predicted molar refractivity (Wildman–Crippen MR) is 80.6 cm³/mol. The van der Waals surface area contributed by atoms with Crippen LogP contribution in [0.4, 0.5) is 0 Å². The van der Waals surface area contributed by atoms with Crippen molar-refractivity contribution in [2.45, 2.75) is 39.0 Å². The summed E-state index contributed by atoms with van der Waals surface area (Å²) in [4.78, 5) is 0. The summed E-state index contributed by atoms with van der Waals surface area (Å²) in [5.74, 6) is 0.438. The second-order valence-corrected chi connectivity index (χ2v) is 5.05. The van der Waals surface area contributed by atoms with Crippen LogP contribution in [0.1, 0.15) is 36.5 Å². The van der Waals surface area contributed by atoms with Crippen molar-refractivity contribution in [3.63, 3.8) is 0 Å². The number of hydrogen-bond acceptors (Lipinski definition) is 1. The maximum absolute atomic E-state index is 9.90. The second kappa shape index (κ2) is 6.98. The molecule has 0 fully saturated rings. The molecule has 0 aliphatic carbocycles. The van der Waals surface area contributed by atoms with Gasteiger partial charge in [0.15, 0.2) is 0 Å². The molecule has 0 aromatic heterocycles. The van der Waals surface area contributed by atoms with Gasteiger partial charge in [-0.1, -0.05) is 55.8 Å². The van der Waals surface area contributed by atoms with Crippen molar-refractivity contribution in [2.75, 3.05) is 0 Å². The van der Waals surface area contributed by atoms with Crippen LogP contribution in [0.5, 0.6) is 5.75 Å². The van der Waals surface area contributed by atoms with Crippen molar-refractivity contribution in [1.82, 2.24) is 0 Å². The Labute approximate surface area is 115 Å². The minimum atomic E-state index is 0.438. The first-order chi connectivity index (χ1) is 9.29. The summed E-state index contributed by atoms with van der Waals surface area (Å²) in [7, 11) is 0. The van der Waals surface area contributed by atoms with Gasteiger partial charge in [-0.15, -0.1) is 0 Å². The third-order valence-corrected chi connectivity index (χ3v) is 3.44. The summed E-state index contributed by atoms with van der Waals surface area (Å²) in [6.07, 6.45) is 5.32. The molecule has 2 aromatic rings. The van der Waals surface area contributed by atoms with Gasteiger partial charge in [-0.2, -0.15) is 0 Å². The molecule has 0 amide bonds. The van der Waals surface area contributed by atoms with Crippen molar-refractivity contribution < 1.29 is 5.11 Å². The van der Waals surface area contributed by atoms with E-state index in [9.17, 15) is 5.11 Å². The Hall–Kier alpha value is -1.76. The minimum Gasteiger partial charge on any atom is -0.508 e. The van der Waals surface area contributed by atoms with Crippen LogP contribution in [0, 0.1) is 0 Å². The highest BCUT2D eigenvalue weighted by molar-refractivity contribution is 5.36. The Balaban J connectivity index is 1.93. The number of benzene rings is 2. The molecule has 0 heterocycles. The minimum absolute atomic E-state index is 0.438. The molecule has 0 aliphatic heterocycles. The Bertz CT molecular complexity index is 502. The molecule has 100 valence electrons. The Morgan fingerprint density at radius 3 is 2.37 bits per heavy atom. The number of hydrogen-bond donors (Lipinski definition) is 1. The zero-order chi connectivity index (χ0) is 13.5. The van der Waals surface area contributed by atoms with Crippen molar-refractivity contribution in [2.24, 2.45) is 0 Å². The molecular formula is C18H22O. The normalized spacial score (nSPS) is 10.6. The summed E-state index contributed by atoms with van der Waals surface area (Å²) < 4.78 is 0. The van der Waals surface area contributed by atoms with E-state index in [0.717, 1.165) is 37.7 Å². The molecule has 0 saturated carbocycles. The summed E-state index contributed by atoms with van der Waals surface area (Å²) in [5, 5.41) is 9.90. The van der Waals surface area contributed by atoms with E-state index >= 15 is 0 Å². The first-order valence-electron chi connectivity index (χ1n) is 7.14. The Morgan fingerprint density at radius 2 is 1.63 bits per heavy atom. The molecule has 0 unspecified atom stereocenters. The van der Waals surface area contributed by atoms with E-state index in [4.69, 9.17) is 0 Å². The van der Waals surface area contributed by atoms with Crippen molar-refractivity contribution >= 4 is 0 Å². The molecule has 0 aliphatic rings. The molecular weight excluding hydrogens is 232 g/mol. The van der Waals surface area contributed by atoms with E-state index in [1.165, 1.54) is 11.1 Å². The molecule has 0 radical (unpaired) electrons. The summed E-state index contributed by atoms with van der Waals surface area (Å²) >= 11 is 0. The van der Waals surface area contributed by atoms with Crippen molar-refractivity contribution in [3.05, 3.63) is 65.2 Å². The first-order valence-corrected chi connectivity index (χ1v) is 7.14. The highest BCUT2D eigenvalue weighted by atomic mass is 16.3. The lowest BCUT2D eigenvalue weighted by Gasteiger charge is -2.07. The van der Waals surface area contributed by atoms with Crippen molar-refractivity contribution in [1.29, 1.82) is 0 Å². The van der Waals surface area contributed by atoms with Crippen LogP contribution in [0.2, 0.25) is 0 Å². The van der Waals surface area contributed by atoms with Crippen LogP contribution in [0.25, 0.3) is 0 Å². The van der Waals surface area contributed by atoms with E-state index in [1.807, 2.05) is 18.2 Å². The lowest BCUT2D eigenvalue weighted by molar-refractivity contribution is 0.466. The van der Waals surface area contributed by atoms with Gasteiger partial charge in [-0.05, 0) is 48.4 Å². The summed E-state index contributed by atoms with van der Waals surface area (Å²) in [5.41, 5.74) is 3.78. The van der Waals surface area contributed by atoms with Gasteiger partial charge >= 0.3 is 0 Å². The van der Waals surface area contributed by atoms with Gasteiger partial charge in [-0.25, -0.2) is 0 Å². The smallest absolute Gasteiger partial charge is 0.118 e. The number of aryl methyl sites for hydroxylation is 3. The monoisotopic (exact) mass is 254 g/mol. The van der Waals surface area contributed by atoms with E-state index in [2.05, 4.69) is 37.3 Å². The second-order valence-electron chi connectivity index (χ2n) is 5.05. The highest BCUT2D eigenvalue weighted by Crippen LogP contribution is 2.21. The molecule has 2 aromatic carbocycles. The Morgan fingerprint density at radius 1 is 0.842 bits per heavy atom. The standard InChI is InChI=1S/C18H22O/c1-2-7-16-12-13-18(19)17(14-16)11-6-10-15-8-4-3-5-9-15/h3-5,8-9,12-14,19H,2,6-7,10-11H2,1H3. The highest BCUT2D eigenvalue weighted by Gasteiger charge is 2.03. The van der Waals surface area contributed by atoms with E-state index in [0.29, 0.717) is 5.75 Å². The van der Waals surface area contributed by atoms with Gasteiger partial charge in [0.2, 0.25) is 0 Å². The number of phenols is 1. The zero-order valence-corrected chi connectivity index (χ0v) is 11.6. The van der Waals surface area contributed by atoms with E-state index in [-0.39, 0.29) is 0 Å². The van der Waals surface area contributed by atoms with Gasteiger partial charge in [0.05, 0.1) is 0 Å². The molecule has 1 N–H and O–H groups in total. The van der Waals surface area contributed by atoms with Crippen LogP contribution in [-0.4, -0.2) is 5.11 Å². The third kappa shape index (κ3) is 4.13. The van der Waals surface area contributed by atoms with Gasteiger partial charge in [-0.3, -0.25) is 0 Å². The fourth-order valence-corrected chi connectivity index (χ4v) is 2.41. The molecule has 0 bridgehead atoms. The topological polar surface area (TPSA) is 20.2 Å². The fraction of sp³-hybridized carbons (Fsp3) is 0.333. The number of aromatic hydroxyl groups is 1. The fourth-order valence-electron chi connectivity index (χ4n) is 2.41. The maximum atomic E-state index is 9.90. The lowest BCUT2D eigenvalue weighted by atomic mass is 10.00. The molecule has 0 saturated heterocycles. The van der Waals surface area contributed by atoms with Gasteiger partial charge in [0, 0.05) is 0 Å². The molecule has 0 spiro atoms. The lowest BCUT2D eigenvalue weighted by Crippen LogP contribution is -1.93. The molecule has 0 atom stereocenters. The zero-order valence-electron chi connectivity index (χ0n) is 11.6. The molecule has 1 nitrogen and oxygen atoms in total. The Kier molecular flexibility index (Phi) is 5.02. The van der Waals surface area contributed by atoms with Gasteiger partial charge in [0.25, 0.3) is 0 Å². The van der Waals surface area contributed by atoms with Crippen LogP contribution in [-0.2, 0) is 19.3 Å². The van der Waals surface area contributed by atoms with Gasteiger partial charge in [0.1, 0.15) is 5.75 Å². The SMILES string of the molecule is CCCc1ccc(O)c(CCCc2ccccc2)c1. The summed E-state index contributed by atoms with van der Waals surface area (Å²) in [6, 6.07) is 16.5. The quantitative estimate of drug-likeness (QED) is 0.803. The number of rotatable bonds is 6. The maximum Gasteiger partial charge on any atom is 0.118 e. The van der Waals surface area contributed by atoms with E-state index < -0.39 is 0 Å². The molecule has 2 rings (SSSR count). The predicted octanol–water partition coefficient (Wildman–Crippen LogP) is 4.52. The first kappa shape index (κ1) is 13.7. The summed E-state index contributed by atoms with van der Waals surface area (Å²) in [6.45, 7) is 2.18. The van der Waals surface area contributed by atoms with Crippen LogP contribution < -0.4 is 0 Å². The molecule has 1 heteroatoms. The molecule has 19 heavy (non-hydrogen) atoms. The average molecular weight is 254 g/mol. The van der Waals surface area contributed by atoms with Crippen LogP contribution in [0.3, 0.4) is 0 Å². The van der Waals surface area contributed by atoms with Crippen molar-refractivity contribution in [3.8, 4) is 5.75 Å². The van der Waals surface area contributed by atoms with Crippen LogP contribution in [0.15, 0.2) is 48.5 Å². The number of phenolic OH excluding ortho intramolecular Hbond substituents is 1. The van der Waals surface area contributed by atoms with E-state index in [1.54, 1.807) is 0 Å². The third-order valence-electron chi connectivity index (χ3n) is 3.44. The largest absolute Gasteiger partial charge is 0.508 e. The average Bonchev–Trinajstić information content (AvgIpc) is 2.44.